The van der Waals surface area contributed by atoms with Gasteiger partial charge in [-0.25, -0.2) is 0 Å². The fourth-order valence-electron chi connectivity index (χ4n) is 2.17. The van der Waals surface area contributed by atoms with Crippen molar-refractivity contribution in [1.82, 2.24) is 5.32 Å². The molecule has 1 aliphatic heterocycles. The van der Waals surface area contributed by atoms with Crippen LogP contribution in [0.25, 0.3) is 0 Å². The van der Waals surface area contributed by atoms with Gasteiger partial charge >= 0.3 is 0 Å². The Bertz CT molecular complexity index is 344. The van der Waals surface area contributed by atoms with Crippen LogP contribution in [0.5, 0.6) is 0 Å². The minimum absolute atomic E-state index is 0.253. The normalized spacial score (nSPS) is 31.5. The van der Waals surface area contributed by atoms with E-state index >= 15 is 0 Å². The molecule has 2 bridgehead atoms. The molecule has 2 unspecified atom stereocenters. The van der Waals surface area contributed by atoms with Crippen molar-refractivity contribution in [3.8, 4) is 0 Å². The summed E-state index contributed by atoms with van der Waals surface area (Å²) in [7, 11) is 0. The Morgan fingerprint density at radius 2 is 2.50 bits per heavy atom. The van der Waals surface area contributed by atoms with Crippen molar-refractivity contribution < 1.29 is 4.79 Å². The summed E-state index contributed by atoms with van der Waals surface area (Å²) in [6.07, 6.45) is 1.98. The number of fused-ring (bicyclic) bond motifs is 4. The van der Waals surface area contributed by atoms with E-state index in [1.807, 2.05) is 0 Å². The van der Waals surface area contributed by atoms with Crippen LogP contribution in [0.2, 0.25) is 0 Å². The largest absolute Gasteiger partial charge is 0.349 e. The molecule has 1 aliphatic carbocycles. The standard InChI is InChI=1S/C9H9NOS/c11-9-5-3-7(10-9)6-1-2-12-8(6)4-5/h1-2,5,7H,3-4H2,(H,10,11). The van der Waals surface area contributed by atoms with Crippen LogP contribution in [0.1, 0.15) is 22.9 Å². The number of amides is 1. The Morgan fingerprint density at radius 1 is 1.58 bits per heavy atom. The summed E-state index contributed by atoms with van der Waals surface area (Å²) in [6.45, 7) is 0. The van der Waals surface area contributed by atoms with E-state index in [1.165, 1.54) is 10.4 Å². The van der Waals surface area contributed by atoms with Crippen molar-refractivity contribution in [3.63, 3.8) is 0 Å². The summed E-state index contributed by atoms with van der Waals surface area (Å²) in [5.41, 5.74) is 1.36. The average molecular weight is 179 g/mol. The average Bonchev–Trinajstić information content (AvgIpc) is 2.60. The number of rotatable bonds is 0. The maximum absolute atomic E-state index is 11.3. The highest BCUT2D eigenvalue weighted by molar-refractivity contribution is 7.10. The molecule has 1 aromatic rings. The fraction of sp³-hybridized carbons (Fsp3) is 0.444. The Kier molecular flexibility index (Phi) is 1.17. The van der Waals surface area contributed by atoms with Gasteiger partial charge in [0.15, 0.2) is 0 Å². The van der Waals surface area contributed by atoms with Crippen molar-refractivity contribution in [2.45, 2.75) is 18.9 Å². The second kappa shape index (κ2) is 2.10. The molecule has 12 heavy (non-hydrogen) atoms. The van der Waals surface area contributed by atoms with E-state index < -0.39 is 0 Å². The molecule has 0 radical (unpaired) electrons. The Morgan fingerprint density at radius 3 is 3.42 bits per heavy atom. The van der Waals surface area contributed by atoms with E-state index in [1.54, 1.807) is 11.3 Å². The summed E-state index contributed by atoms with van der Waals surface area (Å²) >= 11 is 1.78. The minimum atomic E-state index is 0.253. The molecular weight excluding hydrogens is 170 g/mol. The SMILES string of the molecule is O=C1NC2CC1Cc1sccc12. The Labute approximate surface area is 74.6 Å². The lowest BCUT2D eigenvalue weighted by molar-refractivity contribution is -0.122. The van der Waals surface area contributed by atoms with Gasteiger partial charge < -0.3 is 5.32 Å². The van der Waals surface area contributed by atoms with Crippen LogP contribution in [-0.2, 0) is 11.2 Å². The van der Waals surface area contributed by atoms with Gasteiger partial charge in [-0.15, -0.1) is 11.3 Å². The molecule has 62 valence electrons. The quantitative estimate of drug-likeness (QED) is 0.642. The Hall–Kier alpha value is -0.830. The van der Waals surface area contributed by atoms with Gasteiger partial charge in [-0.3, -0.25) is 4.79 Å². The third kappa shape index (κ3) is 0.719. The van der Waals surface area contributed by atoms with Crippen LogP contribution in [0, 0.1) is 5.92 Å². The maximum Gasteiger partial charge on any atom is 0.224 e. The van der Waals surface area contributed by atoms with Crippen LogP contribution in [0.4, 0.5) is 0 Å². The van der Waals surface area contributed by atoms with Crippen LogP contribution in [0.3, 0.4) is 0 Å². The number of carbonyl (C=O) groups excluding carboxylic acids is 1. The van der Waals surface area contributed by atoms with Gasteiger partial charge in [-0.05, 0) is 29.9 Å². The molecule has 0 spiro atoms. The van der Waals surface area contributed by atoms with E-state index in [4.69, 9.17) is 0 Å². The maximum atomic E-state index is 11.3. The molecule has 0 saturated carbocycles. The minimum Gasteiger partial charge on any atom is -0.349 e. The van der Waals surface area contributed by atoms with Crippen LogP contribution in [0.15, 0.2) is 11.4 Å². The number of hydrogen-bond acceptors (Lipinski definition) is 2. The molecule has 1 aromatic heterocycles. The number of hydrogen-bond donors (Lipinski definition) is 1. The summed E-state index contributed by atoms with van der Waals surface area (Å²) in [6, 6.07) is 2.48. The molecule has 2 atom stereocenters. The van der Waals surface area contributed by atoms with Gasteiger partial charge in [0, 0.05) is 10.8 Å². The highest BCUT2D eigenvalue weighted by Gasteiger charge is 2.38. The zero-order valence-electron chi connectivity index (χ0n) is 6.54. The molecule has 2 heterocycles. The monoisotopic (exact) mass is 179 g/mol. The lowest BCUT2D eigenvalue weighted by Crippen LogP contribution is -2.19. The van der Waals surface area contributed by atoms with Gasteiger partial charge in [0.25, 0.3) is 0 Å². The summed E-state index contributed by atoms with van der Waals surface area (Å²) in [5, 5.41) is 5.15. The molecule has 0 aromatic carbocycles. The van der Waals surface area contributed by atoms with Gasteiger partial charge in [0.1, 0.15) is 0 Å². The van der Waals surface area contributed by atoms with Crippen molar-refractivity contribution in [2.75, 3.05) is 0 Å². The number of carbonyl (C=O) groups is 1. The highest BCUT2D eigenvalue weighted by atomic mass is 32.1. The molecule has 3 rings (SSSR count). The van der Waals surface area contributed by atoms with E-state index in [-0.39, 0.29) is 11.8 Å². The lowest BCUT2D eigenvalue weighted by atomic mass is 9.90. The van der Waals surface area contributed by atoms with Crippen molar-refractivity contribution in [3.05, 3.63) is 21.9 Å². The summed E-state index contributed by atoms with van der Waals surface area (Å²) in [5.74, 6) is 0.518. The molecule has 1 amide bonds. The first-order valence-corrected chi connectivity index (χ1v) is 5.09. The first kappa shape index (κ1) is 6.66. The number of thiophene rings is 1. The number of nitrogens with one attached hydrogen (secondary N) is 1. The molecular formula is C9H9NOS. The zero-order valence-corrected chi connectivity index (χ0v) is 7.36. The van der Waals surface area contributed by atoms with E-state index in [2.05, 4.69) is 16.8 Å². The predicted molar refractivity (Wildman–Crippen MR) is 47.0 cm³/mol. The third-order valence-corrected chi connectivity index (χ3v) is 3.75. The zero-order chi connectivity index (χ0) is 8.13. The van der Waals surface area contributed by atoms with Crippen molar-refractivity contribution >= 4 is 17.2 Å². The second-order valence-corrected chi connectivity index (χ2v) is 4.50. The first-order valence-electron chi connectivity index (χ1n) is 4.21. The smallest absolute Gasteiger partial charge is 0.224 e. The van der Waals surface area contributed by atoms with Crippen molar-refractivity contribution in [1.29, 1.82) is 0 Å². The second-order valence-electron chi connectivity index (χ2n) is 3.50. The molecule has 1 fully saturated rings. The Balaban J connectivity index is 2.12. The first-order chi connectivity index (χ1) is 5.84. The van der Waals surface area contributed by atoms with Crippen molar-refractivity contribution in [2.24, 2.45) is 5.92 Å². The van der Waals surface area contributed by atoms with Gasteiger partial charge in [0.2, 0.25) is 5.91 Å². The van der Waals surface area contributed by atoms with Gasteiger partial charge in [-0.2, -0.15) is 0 Å². The van der Waals surface area contributed by atoms with Gasteiger partial charge in [-0.1, -0.05) is 0 Å². The van der Waals surface area contributed by atoms with Gasteiger partial charge in [0.05, 0.1) is 6.04 Å². The molecule has 2 nitrogen and oxygen atoms in total. The summed E-state index contributed by atoms with van der Waals surface area (Å²) in [4.78, 5) is 12.7. The van der Waals surface area contributed by atoms with Crippen LogP contribution >= 0.6 is 11.3 Å². The van der Waals surface area contributed by atoms with Crippen LogP contribution in [-0.4, -0.2) is 5.91 Å². The lowest BCUT2D eigenvalue weighted by Gasteiger charge is -2.15. The molecule has 1 saturated heterocycles. The van der Waals surface area contributed by atoms with E-state index in [0.29, 0.717) is 6.04 Å². The third-order valence-electron chi connectivity index (χ3n) is 2.79. The van der Waals surface area contributed by atoms with E-state index in [0.717, 1.165) is 12.8 Å². The fourth-order valence-corrected chi connectivity index (χ4v) is 3.19. The summed E-state index contributed by atoms with van der Waals surface area (Å²) < 4.78 is 0. The predicted octanol–water partition coefficient (Wildman–Crippen LogP) is 1.48. The molecule has 3 heteroatoms. The van der Waals surface area contributed by atoms with E-state index in [9.17, 15) is 4.79 Å². The highest BCUT2D eigenvalue weighted by Crippen LogP contribution is 2.40. The molecule has 2 aliphatic rings. The van der Waals surface area contributed by atoms with Crippen LogP contribution < -0.4 is 5.32 Å². The topological polar surface area (TPSA) is 29.1 Å². The molecule has 1 N–H and O–H groups in total.